The lowest BCUT2D eigenvalue weighted by Gasteiger charge is -2.49. The van der Waals surface area contributed by atoms with Crippen LogP contribution in [0.15, 0.2) is 0 Å². The van der Waals surface area contributed by atoms with Crippen molar-refractivity contribution in [2.24, 2.45) is 5.73 Å². The molecule has 2 nitrogen and oxygen atoms in total. The van der Waals surface area contributed by atoms with Crippen LogP contribution in [0.2, 0.25) is 0 Å². The largest absolute Gasteiger partial charge is 0.329 e. The molecule has 2 atom stereocenters. The van der Waals surface area contributed by atoms with Crippen molar-refractivity contribution in [3.63, 3.8) is 0 Å². The Morgan fingerprint density at radius 3 is 2.67 bits per heavy atom. The van der Waals surface area contributed by atoms with Crippen LogP contribution in [0.4, 0.5) is 0 Å². The third kappa shape index (κ3) is 2.69. The maximum Gasteiger partial charge on any atom is 0.0447 e. The van der Waals surface area contributed by atoms with Gasteiger partial charge in [0, 0.05) is 17.3 Å². The lowest BCUT2D eigenvalue weighted by molar-refractivity contribution is 0.0875. The van der Waals surface area contributed by atoms with Crippen LogP contribution >= 0.6 is 11.8 Å². The molecule has 0 aliphatic carbocycles. The van der Waals surface area contributed by atoms with Gasteiger partial charge in [-0.05, 0) is 38.1 Å². The van der Waals surface area contributed by atoms with Crippen LogP contribution in [0.5, 0.6) is 0 Å². The first-order valence-corrected chi connectivity index (χ1v) is 7.32. The Bertz CT molecular complexity index is 186. The van der Waals surface area contributed by atoms with Gasteiger partial charge in [-0.3, -0.25) is 4.90 Å². The van der Waals surface area contributed by atoms with Gasteiger partial charge in [0.1, 0.15) is 0 Å². The van der Waals surface area contributed by atoms with Gasteiger partial charge >= 0.3 is 0 Å². The van der Waals surface area contributed by atoms with E-state index in [1.807, 2.05) is 0 Å². The maximum absolute atomic E-state index is 6.08. The predicted molar refractivity (Wildman–Crippen MR) is 70.5 cm³/mol. The van der Waals surface area contributed by atoms with Crippen LogP contribution in [-0.4, -0.2) is 41.1 Å². The molecule has 1 aliphatic rings. The van der Waals surface area contributed by atoms with E-state index in [9.17, 15) is 0 Å². The average molecular weight is 230 g/mol. The molecule has 0 aromatic heterocycles. The summed E-state index contributed by atoms with van der Waals surface area (Å²) in [5, 5.41) is 0.683. The van der Waals surface area contributed by atoms with E-state index >= 15 is 0 Å². The van der Waals surface area contributed by atoms with Crippen LogP contribution in [0, 0.1) is 0 Å². The van der Waals surface area contributed by atoms with Crippen molar-refractivity contribution in [1.82, 2.24) is 4.90 Å². The molecule has 1 fully saturated rings. The second-order valence-electron chi connectivity index (χ2n) is 4.50. The molecule has 0 aromatic carbocycles. The van der Waals surface area contributed by atoms with Crippen LogP contribution < -0.4 is 5.73 Å². The van der Waals surface area contributed by atoms with Crippen molar-refractivity contribution in [3.8, 4) is 0 Å². The molecule has 15 heavy (non-hydrogen) atoms. The smallest absolute Gasteiger partial charge is 0.0447 e. The summed E-state index contributed by atoms with van der Waals surface area (Å²) in [6, 6.07) is 0. The molecule has 3 heteroatoms. The van der Waals surface area contributed by atoms with Gasteiger partial charge < -0.3 is 5.73 Å². The fraction of sp³-hybridized carbons (Fsp3) is 1.00. The molecule has 0 aromatic rings. The van der Waals surface area contributed by atoms with Crippen molar-refractivity contribution in [2.75, 3.05) is 25.4 Å². The Morgan fingerprint density at radius 2 is 2.20 bits per heavy atom. The topological polar surface area (TPSA) is 29.3 Å². The highest BCUT2D eigenvalue weighted by Gasteiger charge is 2.41. The SMILES string of the molecule is CCCN(CC)C1(CN)CCCSC1C. The van der Waals surface area contributed by atoms with Gasteiger partial charge in [0.2, 0.25) is 0 Å². The molecule has 2 unspecified atom stereocenters. The number of hydrogen-bond acceptors (Lipinski definition) is 3. The van der Waals surface area contributed by atoms with Crippen LogP contribution in [0.25, 0.3) is 0 Å². The highest BCUT2D eigenvalue weighted by atomic mass is 32.2. The lowest BCUT2D eigenvalue weighted by atomic mass is 9.87. The molecule has 2 N–H and O–H groups in total. The molecule has 0 amide bonds. The third-order valence-corrected chi connectivity index (χ3v) is 5.20. The van der Waals surface area contributed by atoms with Gasteiger partial charge in [-0.2, -0.15) is 11.8 Å². The highest BCUT2D eigenvalue weighted by molar-refractivity contribution is 8.00. The number of rotatable bonds is 5. The Balaban J connectivity index is 2.78. The van der Waals surface area contributed by atoms with E-state index in [0.29, 0.717) is 5.25 Å². The molecule has 0 radical (unpaired) electrons. The maximum atomic E-state index is 6.08. The van der Waals surface area contributed by atoms with Gasteiger partial charge in [0.15, 0.2) is 0 Å². The van der Waals surface area contributed by atoms with Gasteiger partial charge in [0.05, 0.1) is 0 Å². The first kappa shape index (κ1) is 13.3. The van der Waals surface area contributed by atoms with Crippen LogP contribution in [0.1, 0.15) is 40.0 Å². The van der Waals surface area contributed by atoms with Crippen molar-refractivity contribution in [2.45, 2.75) is 50.8 Å². The predicted octanol–water partition coefficient (Wildman–Crippen LogP) is 2.33. The number of nitrogens with two attached hydrogens (primary N) is 1. The summed E-state index contributed by atoms with van der Waals surface area (Å²) < 4.78 is 0. The van der Waals surface area contributed by atoms with E-state index in [2.05, 4.69) is 37.4 Å². The van der Waals surface area contributed by atoms with Crippen LogP contribution in [-0.2, 0) is 0 Å². The monoisotopic (exact) mass is 230 g/mol. The number of likely N-dealkylation sites (N-methyl/N-ethyl adjacent to an activating group) is 1. The minimum Gasteiger partial charge on any atom is -0.329 e. The van der Waals surface area contributed by atoms with E-state index in [1.54, 1.807) is 0 Å². The quantitative estimate of drug-likeness (QED) is 0.786. The summed E-state index contributed by atoms with van der Waals surface area (Å²) in [6.45, 7) is 10.0. The van der Waals surface area contributed by atoms with E-state index in [0.717, 1.165) is 13.1 Å². The molecular formula is C12H26N2S. The lowest BCUT2D eigenvalue weighted by Crippen LogP contribution is -2.60. The van der Waals surface area contributed by atoms with Gasteiger partial charge in [-0.1, -0.05) is 20.8 Å². The van der Waals surface area contributed by atoms with Crippen molar-refractivity contribution in [1.29, 1.82) is 0 Å². The molecular weight excluding hydrogens is 204 g/mol. The molecule has 1 heterocycles. The van der Waals surface area contributed by atoms with Crippen molar-refractivity contribution in [3.05, 3.63) is 0 Å². The van der Waals surface area contributed by atoms with Crippen LogP contribution in [0.3, 0.4) is 0 Å². The standard InChI is InChI=1S/C12H26N2S/c1-4-8-14(5-2)12(10-13)7-6-9-15-11(12)3/h11H,4-10,13H2,1-3H3. The molecule has 90 valence electrons. The summed E-state index contributed by atoms with van der Waals surface area (Å²) >= 11 is 2.10. The van der Waals surface area contributed by atoms with E-state index in [1.165, 1.54) is 31.6 Å². The molecule has 0 spiro atoms. The molecule has 1 aliphatic heterocycles. The van der Waals surface area contributed by atoms with Gasteiger partial charge in [-0.25, -0.2) is 0 Å². The Kier molecular flexibility index (Phi) is 5.44. The van der Waals surface area contributed by atoms with Gasteiger partial charge in [-0.15, -0.1) is 0 Å². The fourth-order valence-electron chi connectivity index (χ4n) is 2.77. The minimum atomic E-state index is 0.272. The Labute approximate surface area is 99.0 Å². The second kappa shape index (κ2) is 6.12. The van der Waals surface area contributed by atoms with Crippen molar-refractivity contribution >= 4 is 11.8 Å². The Morgan fingerprint density at radius 1 is 1.47 bits per heavy atom. The van der Waals surface area contributed by atoms with E-state index in [4.69, 9.17) is 5.73 Å². The van der Waals surface area contributed by atoms with Gasteiger partial charge in [0.25, 0.3) is 0 Å². The van der Waals surface area contributed by atoms with E-state index < -0.39 is 0 Å². The first-order chi connectivity index (χ1) is 7.21. The normalized spacial score (nSPS) is 32.2. The fourth-order valence-corrected chi connectivity index (χ4v) is 4.11. The van der Waals surface area contributed by atoms with Crippen molar-refractivity contribution < 1.29 is 0 Å². The highest BCUT2D eigenvalue weighted by Crippen LogP contribution is 2.37. The molecule has 0 saturated carbocycles. The Hall–Kier alpha value is 0.270. The summed E-state index contributed by atoms with van der Waals surface area (Å²) in [5.41, 5.74) is 6.35. The summed E-state index contributed by atoms with van der Waals surface area (Å²) in [6.07, 6.45) is 3.84. The number of thioether (sulfide) groups is 1. The zero-order valence-corrected chi connectivity index (χ0v) is 11.3. The zero-order valence-electron chi connectivity index (χ0n) is 10.5. The average Bonchev–Trinajstić information content (AvgIpc) is 2.27. The summed E-state index contributed by atoms with van der Waals surface area (Å²) in [4.78, 5) is 2.61. The zero-order chi connectivity index (χ0) is 11.3. The van der Waals surface area contributed by atoms with E-state index in [-0.39, 0.29) is 5.54 Å². The molecule has 0 bridgehead atoms. The molecule has 1 saturated heterocycles. The number of hydrogen-bond donors (Lipinski definition) is 1. The second-order valence-corrected chi connectivity index (χ2v) is 5.95. The minimum absolute atomic E-state index is 0.272. The first-order valence-electron chi connectivity index (χ1n) is 6.28. The summed E-state index contributed by atoms with van der Waals surface area (Å²) in [5.74, 6) is 1.31. The third-order valence-electron chi connectivity index (χ3n) is 3.74. The summed E-state index contributed by atoms with van der Waals surface area (Å²) in [7, 11) is 0. The molecule has 1 rings (SSSR count). The number of nitrogens with zero attached hydrogens (tertiary/aromatic N) is 1.